The second-order valence-corrected chi connectivity index (χ2v) is 5.08. The van der Waals surface area contributed by atoms with Crippen LogP contribution in [0.15, 0.2) is 18.2 Å². The van der Waals surface area contributed by atoms with Crippen LogP contribution in [-0.2, 0) is 5.54 Å². The first-order valence-corrected chi connectivity index (χ1v) is 6.83. The zero-order chi connectivity index (χ0) is 13.3. The average Bonchev–Trinajstić information content (AvgIpc) is 2.69. The van der Waals surface area contributed by atoms with E-state index in [1.807, 2.05) is 0 Å². The van der Waals surface area contributed by atoms with Crippen LogP contribution in [0.4, 0.5) is 5.95 Å². The third-order valence-corrected chi connectivity index (χ3v) is 4.28. The predicted molar refractivity (Wildman–Crippen MR) is 77.7 cm³/mol. The summed E-state index contributed by atoms with van der Waals surface area (Å²) in [5.74, 6) is 0.640. The first-order valence-electron chi connectivity index (χ1n) is 6.83. The van der Waals surface area contributed by atoms with Gasteiger partial charge < -0.3 is 10.3 Å². The summed E-state index contributed by atoms with van der Waals surface area (Å²) in [6.07, 6.45) is 3.22. The Kier molecular flexibility index (Phi) is 3.33. The Hall–Kier alpha value is -1.51. The summed E-state index contributed by atoms with van der Waals surface area (Å²) in [5.41, 5.74) is 9.65. The van der Waals surface area contributed by atoms with Gasteiger partial charge in [0.15, 0.2) is 0 Å². The summed E-state index contributed by atoms with van der Waals surface area (Å²) in [6.45, 7) is 8.77. The Morgan fingerprint density at radius 1 is 1.17 bits per heavy atom. The number of nitrogen functional groups attached to an aromatic ring is 1. The minimum atomic E-state index is 0.0914. The third-order valence-electron chi connectivity index (χ3n) is 4.28. The summed E-state index contributed by atoms with van der Waals surface area (Å²) >= 11 is 0. The van der Waals surface area contributed by atoms with Gasteiger partial charge in [0.1, 0.15) is 0 Å². The smallest absolute Gasteiger partial charge is 0.201 e. The van der Waals surface area contributed by atoms with Crippen LogP contribution >= 0.6 is 0 Å². The number of rotatable bonds is 4. The largest absolute Gasteiger partial charge is 0.369 e. The fraction of sp³-hybridized carbons (Fsp3) is 0.533. The van der Waals surface area contributed by atoms with E-state index in [4.69, 9.17) is 5.73 Å². The molecule has 0 aliphatic heterocycles. The van der Waals surface area contributed by atoms with Gasteiger partial charge in [-0.2, -0.15) is 0 Å². The van der Waals surface area contributed by atoms with Gasteiger partial charge in [-0.15, -0.1) is 0 Å². The first-order chi connectivity index (χ1) is 8.57. The van der Waals surface area contributed by atoms with E-state index < -0.39 is 0 Å². The number of nitrogens with zero attached hydrogens (tertiary/aromatic N) is 2. The summed E-state index contributed by atoms with van der Waals surface area (Å²) < 4.78 is 2.24. The SMILES string of the molecule is CCC(CC)(CC)n1c(N)nc2cc(C)ccc21. The lowest BCUT2D eigenvalue weighted by Crippen LogP contribution is -2.32. The fourth-order valence-electron chi connectivity index (χ4n) is 2.93. The number of imidazole rings is 1. The predicted octanol–water partition coefficient (Wildman–Crippen LogP) is 3.85. The molecule has 3 heteroatoms. The zero-order valence-electron chi connectivity index (χ0n) is 11.8. The lowest BCUT2D eigenvalue weighted by Gasteiger charge is -2.33. The second kappa shape index (κ2) is 4.63. The van der Waals surface area contributed by atoms with Crippen molar-refractivity contribution in [2.75, 3.05) is 5.73 Å². The Morgan fingerprint density at radius 2 is 1.78 bits per heavy atom. The molecule has 0 unspecified atom stereocenters. The van der Waals surface area contributed by atoms with E-state index in [-0.39, 0.29) is 5.54 Å². The van der Waals surface area contributed by atoms with Gasteiger partial charge in [0.05, 0.1) is 11.0 Å². The Labute approximate surface area is 109 Å². The summed E-state index contributed by atoms with van der Waals surface area (Å²) in [5, 5.41) is 0. The van der Waals surface area contributed by atoms with E-state index in [1.54, 1.807) is 0 Å². The molecule has 0 saturated heterocycles. The van der Waals surface area contributed by atoms with E-state index in [1.165, 1.54) is 5.56 Å². The number of aryl methyl sites for hydroxylation is 1. The normalized spacial score (nSPS) is 12.2. The topological polar surface area (TPSA) is 43.8 Å². The van der Waals surface area contributed by atoms with Crippen molar-refractivity contribution in [3.63, 3.8) is 0 Å². The van der Waals surface area contributed by atoms with Crippen molar-refractivity contribution in [3.8, 4) is 0 Å². The van der Waals surface area contributed by atoms with Crippen molar-refractivity contribution in [1.29, 1.82) is 0 Å². The highest BCUT2D eigenvalue weighted by atomic mass is 15.2. The van der Waals surface area contributed by atoms with E-state index in [0.29, 0.717) is 5.95 Å². The fourth-order valence-corrected chi connectivity index (χ4v) is 2.93. The van der Waals surface area contributed by atoms with Gasteiger partial charge in [-0.3, -0.25) is 0 Å². The molecule has 2 aromatic rings. The molecule has 18 heavy (non-hydrogen) atoms. The number of nitrogens with two attached hydrogens (primary N) is 1. The first kappa shape index (κ1) is 12.9. The molecule has 0 aliphatic carbocycles. The highest BCUT2D eigenvalue weighted by Gasteiger charge is 2.29. The van der Waals surface area contributed by atoms with Crippen LogP contribution < -0.4 is 5.73 Å². The highest BCUT2D eigenvalue weighted by molar-refractivity contribution is 5.79. The standard InChI is InChI=1S/C15H23N3/c1-5-15(6-2,7-3)18-13-9-8-11(4)10-12(13)17-14(18)16/h8-10H,5-7H2,1-4H3,(H2,16,17). The monoisotopic (exact) mass is 245 g/mol. The van der Waals surface area contributed by atoms with Crippen LogP contribution in [0, 0.1) is 6.92 Å². The molecule has 1 aromatic carbocycles. The molecule has 2 N–H and O–H groups in total. The van der Waals surface area contributed by atoms with Crippen LogP contribution in [0.1, 0.15) is 45.6 Å². The zero-order valence-corrected chi connectivity index (χ0v) is 11.8. The number of aromatic nitrogens is 2. The van der Waals surface area contributed by atoms with Crippen molar-refractivity contribution in [2.45, 2.75) is 52.5 Å². The van der Waals surface area contributed by atoms with Crippen molar-refractivity contribution < 1.29 is 0 Å². The van der Waals surface area contributed by atoms with Crippen LogP contribution in [0.2, 0.25) is 0 Å². The van der Waals surface area contributed by atoms with Crippen molar-refractivity contribution in [3.05, 3.63) is 23.8 Å². The number of benzene rings is 1. The molecule has 3 nitrogen and oxygen atoms in total. The van der Waals surface area contributed by atoms with Crippen molar-refractivity contribution in [2.24, 2.45) is 0 Å². The minimum Gasteiger partial charge on any atom is -0.369 e. The molecule has 0 fully saturated rings. The Bertz CT molecular complexity index is 542. The van der Waals surface area contributed by atoms with Gasteiger partial charge in [0, 0.05) is 5.54 Å². The Balaban J connectivity index is 2.73. The molecule has 98 valence electrons. The molecule has 2 rings (SSSR count). The van der Waals surface area contributed by atoms with Gasteiger partial charge in [-0.1, -0.05) is 26.8 Å². The third kappa shape index (κ3) is 1.78. The molecule has 0 bridgehead atoms. The summed E-state index contributed by atoms with van der Waals surface area (Å²) in [7, 11) is 0. The number of anilines is 1. The summed E-state index contributed by atoms with van der Waals surface area (Å²) in [4.78, 5) is 4.52. The molecule has 0 amide bonds. The van der Waals surface area contributed by atoms with Gasteiger partial charge >= 0.3 is 0 Å². The van der Waals surface area contributed by atoms with Crippen LogP contribution in [-0.4, -0.2) is 9.55 Å². The molecule has 0 aliphatic rings. The van der Waals surface area contributed by atoms with Gasteiger partial charge in [-0.25, -0.2) is 4.98 Å². The molecule has 0 spiro atoms. The second-order valence-electron chi connectivity index (χ2n) is 5.08. The molecule has 0 atom stereocenters. The van der Waals surface area contributed by atoms with Crippen LogP contribution in [0.25, 0.3) is 11.0 Å². The van der Waals surface area contributed by atoms with Crippen molar-refractivity contribution >= 4 is 17.0 Å². The van der Waals surface area contributed by atoms with E-state index >= 15 is 0 Å². The van der Waals surface area contributed by atoms with Gasteiger partial charge in [-0.05, 0) is 43.9 Å². The van der Waals surface area contributed by atoms with E-state index in [0.717, 1.165) is 30.3 Å². The lowest BCUT2D eigenvalue weighted by molar-refractivity contribution is 0.262. The van der Waals surface area contributed by atoms with Crippen LogP contribution in [0.3, 0.4) is 0 Å². The molecule has 1 heterocycles. The van der Waals surface area contributed by atoms with E-state index in [2.05, 4.69) is 55.4 Å². The maximum atomic E-state index is 6.17. The quantitative estimate of drug-likeness (QED) is 0.889. The minimum absolute atomic E-state index is 0.0914. The maximum Gasteiger partial charge on any atom is 0.201 e. The average molecular weight is 245 g/mol. The molecular formula is C15H23N3. The van der Waals surface area contributed by atoms with Crippen LogP contribution in [0.5, 0.6) is 0 Å². The van der Waals surface area contributed by atoms with Crippen molar-refractivity contribution in [1.82, 2.24) is 9.55 Å². The van der Waals surface area contributed by atoms with E-state index in [9.17, 15) is 0 Å². The number of hydrogen-bond donors (Lipinski definition) is 1. The van der Waals surface area contributed by atoms with Gasteiger partial charge in [0.2, 0.25) is 5.95 Å². The molecule has 0 radical (unpaired) electrons. The highest BCUT2D eigenvalue weighted by Crippen LogP contribution is 2.35. The molecular weight excluding hydrogens is 222 g/mol. The molecule has 1 aromatic heterocycles. The molecule has 0 saturated carbocycles. The lowest BCUT2D eigenvalue weighted by atomic mass is 9.89. The summed E-state index contributed by atoms with van der Waals surface area (Å²) in [6, 6.07) is 6.38. The van der Waals surface area contributed by atoms with Gasteiger partial charge in [0.25, 0.3) is 0 Å². The Morgan fingerprint density at radius 3 is 2.33 bits per heavy atom. The number of hydrogen-bond acceptors (Lipinski definition) is 2. The maximum absolute atomic E-state index is 6.17. The number of fused-ring (bicyclic) bond motifs is 1.